The van der Waals surface area contributed by atoms with Crippen molar-refractivity contribution in [3.05, 3.63) is 40.5 Å². The number of nitrogens with zero attached hydrogens (tertiary/aromatic N) is 1. The molecule has 4 N–H and O–H groups in total. The Morgan fingerprint density at radius 3 is 2.59 bits per heavy atom. The van der Waals surface area contributed by atoms with Crippen molar-refractivity contribution in [3.8, 4) is 5.75 Å². The van der Waals surface area contributed by atoms with E-state index in [1.54, 1.807) is 26.0 Å². The van der Waals surface area contributed by atoms with E-state index in [2.05, 4.69) is 4.90 Å². The van der Waals surface area contributed by atoms with E-state index in [4.69, 9.17) is 14.2 Å². The molecule has 0 aliphatic carbocycles. The minimum Gasteiger partial charge on any atom is -0.462 e. The van der Waals surface area contributed by atoms with Gasteiger partial charge in [-0.15, -0.1) is 0 Å². The molecule has 0 aromatic heterocycles. The monoisotopic (exact) mass is 547 g/mol. The Kier molecular flexibility index (Phi) is 9.73. The van der Waals surface area contributed by atoms with E-state index in [0.29, 0.717) is 60.3 Å². The number of aryl methyl sites for hydroxylation is 1. The summed E-state index contributed by atoms with van der Waals surface area (Å²) < 4.78 is 17.5. The van der Waals surface area contributed by atoms with Crippen LogP contribution in [-0.2, 0) is 22.3 Å². The predicted octanol–water partition coefficient (Wildman–Crippen LogP) is 2.36. The molecule has 3 aliphatic rings. The minimum atomic E-state index is -1.46. The highest BCUT2D eigenvalue weighted by atomic mass is 16.7. The third kappa shape index (κ3) is 7.60. The number of carbonyl (C=O) groups excluding carboxylic acids is 1. The van der Waals surface area contributed by atoms with Crippen molar-refractivity contribution in [2.24, 2.45) is 5.92 Å². The topological polar surface area (TPSA) is 129 Å². The predicted molar refractivity (Wildman–Crippen MR) is 146 cm³/mol. The summed E-state index contributed by atoms with van der Waals surface area (Å²) in [5.74, 6) is 0.386. The molecule has 3 saturated heterocycles. The fraction of sp³-hybridized carbons (Fsp3) is 0.700. The molecular weight excluding hydrogens is 502 g/mol. The molecular formula is C30H45NO8. The van der Waals surface area contributed by atoms with Gasteiger partial charge in [-0.1, -0.05) is 11.6 Å². The maximum atomic E-state index is 13.3. The summed E-state index contributed by atoms with van der Waals surface area (Å²) in [6.45, 7) is 9.79. The quantitative estimate of drug-likeness (QED) is 0.258. The summed E-state index contributed by atoms with van der Waals surface area (Å²) in [4.78, 5) is 15.8. The zero-order chi connectivity index (χ0) is 28.3. The smallest absolute Gasteiger partial charge is 0.338 e. The van der Waals surface area contributed by atoms with Crippen molar-refractivity contribution >= 4 is 5.97 Å². The van der Waals surface area contributed by atoms with E-state index in [-0.39, 0.29) is 6.61 Å². The van der Waals surface area contributed by atoms with Gasteiger partial charge in [0.25, 0.3) is 0 Å². The second kappa shape index (κ2) is 12.7. The first-order valence-electron chi connectivity index (χ1n) is 14.2. The van der Waals surface area contributed by atoms with E-state index in [1.165, 1.54) is 6.42 Å². The fourth-order valence-corrected chi connectivity index (χ4v) is 5.76. The number of ether oxygens (including phenoxy) is 3. The van der Waals surface area contributed by atoms with Crippen molar-refractivity contribution in [2.75, 3.05) is 26.3 Å². The number of esters is 1. The molecule has 3 fully saturated rings. The average molecular weight is 548 g/mol. The van der Waals surface area contributed by atoms with Gasteiger partial charge in [-0.3, -0.25) is 4.90 Å². The number of fused-ring (bicyclic) bond motifs is 1. The summed E-state index contributed by atoms with van der Waals surface area (Å²) in [7, 11) is 0. The van der Waals surface area contributed by atoms with Gasteiger partial charge in [-0.05, 0) is 103 Å². The SMILES string of the molecule is CC(C)=CCc1cc(C(=O)OCC2CCN3CCCC23)cc(CCC(C)(C)O)c1OC1OCC(O)C(O)C1O. The molecule has 39 heavy (non-hydrogen) atoms. The standard InChI is InChI=1S/C30H45NO8/c1-18(2)7-8-19-14-22(28(35)37-16-21-10-13-31-12-5-6-23(21)31)15-20(9-11-30(3,4)36)27(19)39-29-26(34)25(33)24(32)17-38-29/h7,14-15,21,23-26,29,32-34,36H,5-6,8-13,16-17H2,1-4H3. The summed E-state index contributed by atoms with van der Waals surface area (Å²) >= 11 is 0. The maximum absolute atomic E-state index is 13.3. The molecule has 9 heteroatoms. The summed E-state index contributed by atoms with van der Waals surface area (Å²) in [5.41, 5.74) is 1.91. The Bertz CT molecular complexity index is 1030. The van der Waals surface area contributed by atoms with E-state index in [1.807, 2.05) is 19.9 Å². The summed E-state index contributed by atoms with van der Waals surface area (Å²) in [5, 5.41) is 41.0. The van der Waals surface area contributed by atoms with Crippen LogP contribution in [0.2, 0.25) is 0 Å². The van der Waals surface area contributed by atoms with Gasteiger partial charge in [0, 0.05) is 12.0 Å². The van der Waals surface area contributed by atoms with Crippen LogP contribution in [0, 0.1) is 5.92 Å². The number of carbonyl (C=O) groups is 1. The summed E-state index contributed by atoms with van der Waals surface area (Å²) in [6, 6.07) is 3.98. The van der Waals surface area contributed by atoms with E-state index >= 15 is 0 Å². The first kappa shape index (κ1) is 30.0. The third-order valence-electron chi connectivity index (χ3n) is 8.08. The molecule has 218 valence electrons. The largest absolute Gasteiger partial charge is 0.462 e. The number of rotatable bonds is 10. The van der Waals surface area contributed by atoms with Crippen LogP contribution >= 0.6 is 0 Å². The van der Waals surface area contributed by atoms with Gasteiger partial charge in [0.1, 0.15) is 24.1 Å². The molecule has 4 rings (SSSR count). The van der Waals surface area contributed by atoms with Gasteiger partial charge in [-0.2, -0.15) is 0 Å². The highest BCUT2D eigenvalue weighted by Gasteiger charge is 2.40. The molecule has 6 unspecified atom stereocenters. The van der Waals surface area contributed by atoms with Crippen LogP contribution in [-0.4, -0.2) is 93.8 Å². The molecule has 1 aromatic carbocycles. The average Bonchev–Trinajstić information content (AvgIpc) is 3.49. The van der Waals surface area contributed by atoms with Crippen LogP contribution < -0.4 is 4.74 Å². The number of aliphatic hydroxyl groups is 4. The third-order valence-corrected chi connectivity index (χ3v) is 8.08. The van der Waals surface area contributed by atoms with Crippen LogP contribution in [0.4, 0.5) is 0 Å². The van der Waals surface area contributed by atoms with Crippen LogP contribution in [0.25, 0.3) is 0 Å². The van der Waals surface area contributed by atoms with Gasteiger partial charge in [0.2, 0.25) is 6.29 Å². The van der Waals surface area contributed by atoms with Gasteiger partial charge < -0.3 is 34.6 Å². The molecule has 6 atom stereocenters. The van der Waals surface area contributed by atoms with Crippen molar-refractivity contribution < 1.29 is 39.4 Å². The Morgan fingerprint density at radius 1 is 1.13 bits per heavy atom. The Morgan fingerprint density at radius 2 is 1.87 bits per heavy atom. The number of allylic oxidation sites excluding steroid dienone is 2. The Labute approximate surface area is 231 Å². The van der Waals surface area contributed by atoms with Crippen molar-refractivity contribution in [2.45, 2.75) is 102 Å². The zero-order valence-electron chi connectivity index (χ0n) is 23.6. The number of benzene rings is 1. The number of hydrogen-bond donors (Lipinski definition) is 4. The first-order valence-corrected chi connectivity index (χ1v) is 14.2. The van der Waals surface area contributed by atoms with Crippen LogP contribution in [0.5, 0.6) is 5.75 Å². The lowest BCUT2D eigenvalue weighted by molar-refractivity contribution is -0.242. The summed E-state index contributed by atoms with van der Waals surface area (Å²) in [6.07, 6.45) is 1.38. The van der Waals surface area contributed by atoms with Gasteiger partial charge in [0.15, 0.2) is 0 Å². The van der Waals surface area contributed by atoms with E-state index in [9.17, 15) is 25.2 Å². The zero-order valence-corrected chi connectivity index (χ0v) is 23.6. The molecule has 3 aliphatic heterocycles. The van der Waals surface area contributed by atoms with Crippen molar-refractivity contribution in [1.82, 2.24) is 4.90 Å². The minimum absolute atomic E-state index is 0.185. The maximum Gasteiger partial charge on any atom is 0.338 e. The Hall–Kier alpha value is -2.01. The lowest BCUT2D eigenvalue weighted by Crippen LogP contribution is -2.54. The normalized spacial score (nSPS) is 29.2. The molecule has 0 saturated carbocycles. The molecule has 0 radical (unpaired) electrons. The van der Waals surface area contributed by atoms with E-state index < -0.39 is 36.2 Å². The molecule has 0 spiro atoms. The van der Waals surface area contributed by atoms with Crippen LogP contribution in [0.15, 0.2) is 23.8 Å². The second-order valence-corrected chi connectivity index (χ2v) is 12.2. The molecule has 0 bridgehead atoms. The lowest BCUT2D eigenvalue weighted by Gasteiger charge is -2.36. The van der Waals surface area contributed by atoms with E-state index in [0.717, 1.165) is 31.5 Å². The van der Waals surface area contributed by atoms with Crippen LogP contribution in [0.3, 0.4) is 0 Å². The van der Waals surface area contributed by atoms with Gasteiger partial charge >= 0.3 is 5.97 Å². The van der Waals surface area contributed by atoms with Crippen molar-refractivity contribution in [1.29, 1.82) is 0 Å². The van der Waals surface area contributed by atoms with Crippen LogP contribution in [0.1, 0.15) is 74.9 Å². The number of hydrogen-bond acceptors (Lipinski definition) is 9. The molecule has 1 aromatic rings. The van der Waals surface area contributed by atoms with Crippen molar-refractivity contribution in [3.63, 3.8) is 0 Å². The number of aliphatic hydroxyl groups excluding tert-OH is 3. The Balaban J connectivity index is 1.61. The van der Waals surface area contributed by atoms with Gasteiger partial charge in [0.05, 0.1) is 24.4 Å². The first-order chi connectivity index (χ1) is 18.4. The molecule has 9 nitrogen and oxygen atoms in total. The lowest BCUT2D eigenvalue weighted by atomic mass is 9.93. The van der Waals surface area contributed by atoms with Gasteiger partial charge in [-0.25, -0.2) is 4.79 Å². The highest BCUT2D eigenvalue weighted by Crippen LogP contribution is 2.35. The molecule has 3 heterocycles. The fourth-order valence-electron chi connectivity index (χ4n) is 5.76. The second-order valence-electron chi connectivity index (χ2n) is 12.2. The highest BCUT2D eigenvalue weighted by molar-refractivity contribution is 5.90. The molecule has 0 amide bonds.